The van der Waals surface area contributed by atoms with Crippen LogP contribution < -0.4 is 10.1 Å². The Morgan fingerprint density at radius 1 is 1.14 bits per heavy atom. The molecule has 22 heavy (non-hydrogen) atoms. The van der Waals surface area contributed by atoms with E-state index in [9.17, 15) is 13.6 Å². The van der Waals surface area contributed by atoms with Gasteiger partial charge in [0.1, 0.15) is 5.82 Å². The van der Waals surface area contributed by atoms with E-state index in [0.29, 0.717) is 17.4 Å². The molecule has 0 fully saturated rings. The summed E-state index contributed by atoms with van der Waals surface area (Å²) >= 11 is 3.14. The molecule has 0 unspecified atom stereocenters. The highest BCUT2D eigenvalue weighted by Crippen LogP contribution is 2.21. The lowest BCUT2D eigenvalue weighted by Crippen LogP contribution is -2.30. The summed E-state index contributed by atoms with van der Waals surface area (Å²) in [4.78, 5) is 11.6. The first-order valence-corrected chi connectivity index (χ1v) is 7.43. The van der Waals surface area contributed by atoms with Crippen LogP contribution in [0.4, 0.5) is 8.78 Å². The average Bonchev–Trinajstić information content (AvgIpc) is 2.48. The summed E-state index contributed by atoms with van der Waals surface area (Å²) in [6.07, 6.45) is 0.582. The van der Waals surface area contributed by atoms with Gasteiger partial charge in [0, 0.05) is 11.0 Å². The molecular weight excluding hydrogens is 356 g/mol. The van der Waals surface area contributed by atoms with Crippen LogP contribution in [0.3, 0.4) is 0 Å². The highest BCUT2D eigenvalue weighted by molar-refractivity contribution is 9.10. The van der Waals surface area contributed by atoms with Gasteiger partial charge in [0.25, 0.3) is 5.91 Å². The molecule has 0 spiro atoms. The Hall–Kier alpha value is -1.95. The monoisotopic (exact) mass is 369 g/mol. The summed E-state index contributed by atoms with van der Waals surface area (Å²) in [6.45, 7) is 0.138. The van der Waals surface area contributed by atoms with E-state index in [0.717, 1.165) is 5.56 Å². The molecule has 116 valence electrons. The minimum Gasteiger partial charge on any atom is -0.481 e. The van der Waals surface area contributed by atoms with Crippen molar-refractivity contribution in [1.82, 2.24) is 5.32 Å². The molecule has 0 bridgehead atoms. The number of carbonyl (C=O) groups is 1. The van der Waals surface area contributed by atoms with Crippen molar-refractivity contribution in [3.8, 4) is 5.75 Å². The number of rotatable bonds is 6. The fourth-order valence-corrected chi connectivity index (χ4v) is 2.12. The lowest BCUT2D eigenvalue weighted by atomic mass is 10.1. The average molecular weight is 370 g/mol. The normalized spacial score (nSPS) is 10.3. The number of halogens is 3. The highest BCUT2D eigenvalue weighted by Gasteiger charge is 2.07. The maximum atomic E-state index is 13.5. The Labute approximate surface area is 135 Å². The number of ether oxygens (including phenoxy) is 1. The van der Waals surface area contributed by atoms with Gasteiger partial charge in [-0.1, -0.05) is 28.1 Å². The second kappa shape index (κ2) is 7.89. The van der Waals surface area contributed by atoms with Crippen molar-refractivity contribution in [2.24, 2.45) is 0 Å². The molecule has 0 radical (unpaired) electrons. The fourth-order valence-electron chi connectivity index (χ4n) is 1.78. The molecule has 0 saturated heterocycles. The van der Waals surface area contributed by atoms with Gasteiger partial charge in [-0.2, -0.15) is 0 Å². The Morgan fingerprint density at radius 3 is 2.55 bits per heavy atom. The van der Waals surface area contributed by atoms with Crippen molar-refractivity contribution in [2.75, 3.05) is 13.2 Å². The molecule has 2 rings (SSSR count). The lowest BCUT2D eigenvalue weighted by Gasteiger charge is -2.08. The van der Waals surface area contributed by atoms with Gasteiger partial charge in [-0.25, -0.2) is 8.78 Å². The summed E-state index contributed by atoms with van der Waals surface area (Å²) < 4.78 is 31.9. The molecule has 0 heterocycles. The molecule has 0 aromatic heterocycles. The number of hydrogen-bond donors (Lipinski definition) is 1. The zero-order valence-corrected chi connectivity index (χ0v) is 13.2. The number of benzene rings is 2. The predicted octanol–water partition coefficient (Wildman–Crippen LogP) is 3.47. The third-order valence-electron chi connectivity index (χ3n) is 2.90. The Bertz CT molecular complexity index is 647. The number of amides is 1. The van der Waals surface area contributed by atoms with Crippen molar-refractivity contribution >= 4 is 21.8 Å². The molecule has 0 saturated carbocycles. The van der Waals surface area contributed by atoms with E-state index in [1.807, 2.05) is 0 Å². The van der Waals surface area contributed by atoms with Crippen LogP contribution in [0.25, 0.3) is 0 Å². The van der Waals surface area contributed by atoms with E-state index >= 15 is 0 Å². The highest BCUT2D eigenvalue weighted by atomic mass is 79.9. The summed E-state index contributed by atoms with van der Waals surface area (Å²) in [5.74, 6) is -1.15. The Morgan fingerprint density at radius 2 is 1.86 bits per heavy atom. The summed E-state index contributed by atoms with van der Waals surface area (Å²) in [5.41, 5.74) is 0.918. The molecule has 0 atom stereocenters. The predicted molar refractivity (Wildman–Crippen MR) is 82.7 cm³/mol. The zero-order valence-electron chi connectivity index (χ0n) is 11.6. The van der Waals surface area contributed by atoms with Crippen LogP contribution in [0.5, 0.6) is 5.75 Å². The maximum Gasteiger partial charge on any atom is 0.257 e. The minimum absolute atomic E-state index is 0.0249. The van der Waals surface area contributed by atoms with Crippen molar-refractivity contribution in [1.29, 1.82) is 0 Å². The third kappa shape index (κ3) is 5.11. The largest absolute Gasteiger partial charge is 0.481 e. The van der Waals surface area contributed by atoms with Crippen LogP contribution in [0, 0.1) is 11.6 Å². The van der Waals surface area contributed by atoms with Gasteiger partial charge in [0.2, 0.25) is 0 Å². The standard InChI is InChI=1S/C16H14BrF2NO2/c17-12-3-6-15(14(19)9-12)22-10-16(21)20-8-7-11-1-4-13(18)5-2-11/h1-6,9H,7-8,10H2,(H,20,21). The van der Waals surface area contributed by atoms with Gasteiger partial charge in [0.15, 0.2) is 18.2 Å². The molecule has 0 aliphatic heterocycles. The fraction of sp³-hybridized carbons (Fsp3) is 0.188. The van der Waals surface area contributed by atoms with Crippen LogP contribution in [-0.4, -0.2) is 19.1 Å². The van der Waals surface area contributed by atoms with E-state index in [4.69, 9.17) is 4.74 Å². The maximum absolute atomic E-state index is 13.5. The molecular formula is C16H14BrF2NO2. The van der Waals surface area contributed by atoms with Crippen molar-refractivity contribution in [2.45, 2.75) is 6.42 Å². The van der Waals surface area contributed by atoms with Crippen LogP contribution in [-0.2, 0) is 11.2 Å². The Balaban J connectivity index is 1.72. The minimum atomic E-state index is -0.534. The van der Waals surface area contributed by atoms with Gasteiger partial charge in [-0.15, -0.1) is 0 Å². The van der Waals surface area contributed by atoms with Crippen LogP contribution in [0.15, 0.2) is 46.9 Å². The van der Waals surface area contributed by atoms with Crippen LogP contribution >= 0.6 is 15.9 Å². The number of carbonyl (C=O) groups excluding carboxylic acids is 1. The quantitative estimate of drug-likeness (QED) is 0.846. The van der Waals surface area contributed by atoms with Gasteiger partial charge >= 0.3 is 0 Å². The topological polar surface area (TPSA) is 38.3 Å². The van der Waals surface area contributed by atoms with Crippen molar-refractivity contribution in [3.63, 3.8) is 0 Å². The Kier molecular flexibility index (Phi) is 5.89. The van der Waals surface area contributed by atoms with Crippen molar-refractivity contribution in [3.05, 3.63) is 64.1 Å². The second-order valence-electron chi connectivity index (χ2n) is 4.59. The lowest BCUT2D eigenvalue weighted by molar-refractivity contribution is -0.123. The van der Waals surface area contributed by atoms with Crippen LogP contribution in [0.2, 0.25) is 0 Å². The molecule has 2 aromatic carbocycles. The first-order chi connectivity index (χ1) is 10.5. The number of nitrogens with one attached hydrogen (secondary N) is 1. The molecule has 1 amide bonds. The SMILES string of the molecule is O=C(COc1ccc(Br)cc1F)NCCc1ccc(F)cc1. The van der Waals surface area contributed by atoms with E-state index in [-0.39, 0.29) is 24.1 Å². The van der Waals surface area contributed by atoms with Gasteiger partial charge in [-0.05, 0) is 42.3 Å². The molecule has 0 aliphatic carbocycles. The molecule has 2 aromatic rings. The first kappa shape index (κ1) is 16.4. The van der Waals surface area contributed by atoms with Crippen LogP contribution in [0.1, 0.15) is 5.56 Å². The summed E-state index contributed by atoms with van der Waals surface area (Å²) in [7, 11) is 0. The molecule has 1 N–H and O–H groups in total. The smallest absolute Gasteiger partial charge is 0.257 e. The van der Waals surface area contributed by atoms with E-state index in [1.165, 1.54) is 24.3 Å². The number of hydrogen-bond acceptors (Lipinski definition) is 2. The van der Waals surface area contributed by atoms with Gasteiger partial charge in [0.05, 0.1) is 0 Å². The molecule has 6 heteroatoms. The van der Waals surface area contributed by atoms with Crippen molar-refractivity contribution < 1.29 is 18.3 Å². The summed E-state index contributed by atoms with van der Waals surface area (Å²) in [5, 5.41) is 2.66. The first-order valence-electron chi connectivity index (χ1n) is 6.63. The van der Waals surface area contributed by atoms with E-state index in [2.05, 4.69) is 21.2 Å². The third-order valence-corrected chi connectivity index (χ3v) is 3.40. The zero-order chi connectivity index (χ0) is 15.9. The molecule has 3 nitrogen and oxygen atoms in total. The van der Waals surface area contributed by atoms with E-state index < -0.39 is 5.82 Å². The second-order valence-corrected chi connectivity index (χ2v) is 5.51. The van der Waals surface area contributed by atoms with Gasteiger partial charge in [-0.3, -0.25) is 4.79 Å². The van der Waals surface area contributed by atoms with E-state index in [1.54, 1.807) is 18.2 Å². The summed E-state index contributed by atoms with van der Waals surface area (Å²) in [6, 6.07) is 10.4. The van der Waals surface area contributed by atoms with Gasteiger partial charge < -0.3 is 10.1 Å². The molecule has 0 aliphatic rings.